The molecule has 4 nitrogen and oxygen atoms in total. The fourth-order valence-electron chi connectivity index (χ4n) is 5.10. The largest absolute Gasteiger partial charge is 0.301 e. The molecule has 146 valence electrons. The molecule has 0 amide bonds. The molecule has 0 bridgehead atoms. The monoisotopic (exact) mass is 350 g/mol. The first-order valence-corrected chi connectivity index (χ1v) is 11.0. The zero-order valence-corrected chi connectivity index (χ0v) is 17.3. The molecule has 0 N–H and O–H groups in total. The van der Waals surface area contributed by atoms with E-state index >= 15 is 0 Å². The summed E-state index contributed by atoms with van der Waals surface area (Å²) in [4.78, 5) is 10.9. The summed E-state index contributed by atoms with van der Waals surface area (Å²) >= 11 is 0. The third kappa shape index (κ3) is 5.41. The summed E-state index contributed by atoms with van der Waals surface area (Å²) in [5.41, 5.74) is 0. The molecule has 25 heavy (non-hydrogen) atoms. The van der Waals surface area contributed by atoms with Gasteiger partial charge in [0.15, 0.2) is 0 Å². The van der Waals surface area contributed by atoms with E-state index in [1.165, 1.54) is 84.6 Å². The van der Waals surface area contributed by atoms with Gasteiger partial charge in [-0.2, -0.15) is 0 Å². The van der Waals surface area contributed by atoms with Gasteiger partial charge in [0.1, 0.15) is 0 Å². The van der Waals surface area contributed by atoms with Crippen LogP contribution in [0.1, 0.15) is 53.4 Å². The maximum atomic E-state index is 2.80. The van der Waals surface area contributed by atoms with Crippen LogP contribution in [0.4, 0.5) is 0 Å². The van der Waals surface area contributed by atoms with E-state index in [2.05, 4.69) is 47.3 Å². The Labute approximate surface area is 156 Å². The van der Waals surface area contributed by atoms with E-state index in [1.807, 2.05) is 0 Å². The Kier molecular flexibility index (Phi) is 7.18. The molecule has 3 aliphatic rings. The Hall–Kier alpha value is -0.160. The summed E-state index contributed by atoms with van der Waals surface area (Å²) in [6, 6.07) is 2.30. The molecule has 3 saturated heterocycles. The highest BCUT2D eigenvalue weighted by Gasteiger charge is 2.29. The van der Waals surface area contributed by atoms with E-state index in [-0.39, 0.29) is 0 Å². The highest BCUT2D eigenvalue weighted by molar-refractivity contribution is 4.85. The molecule has 0 aromatic rings. The molecule has 3 aliphatic heterocycles. The predicted molar refractivity (Wildman–Crippen MR) is 107 cm³/mol. The van der Waals surface area contributed by atoms with E-state index in [0.717, 1.165) is 24.0 Å². The van der Waals surface area contributed by atoms with Crippen LogP contribution < -0.4 is 0 Å². The Morgan fingerprint density at radius 3 is 1.60 bits per heavy atom. The van der Waals surface area contributed by atoms with Gasteiger partial charge in [0, 0.05) is 50.8 Å². The van der Waals surface area contributed by atoms with Crippen molar-refractivity contribution in [3.8, 4) is 0 Å². The molecule has 3 fully saturated rings. The zero-order chi connectivity index (χ0) is 17.8. The first kappa shape index (κ1) is 19.6. The minimum Gasteiger partial charge on any atom is -0.301 e. The molecule has 4 heteroatoms. The van der Waals surface area contributed by atoms with Crippen LogP contribution in [0, 0.1) is 5.92 Å². The van der Waals surface area contributed by atoms with Crippen molar-refractivity contribution in [3.05, 3.63) is 0 Å². The summed E-state index contributed by atoms with van der Waals surface area (Å²) in [5, 5.41) is 0. The molecule has 0 aromatic carbocycles. The molecule has 0 spiro atoms. The van der Waals surface area contributed by atoms with Gasteiger partial charge in [0.2, 0.25) is 0 Å². The SMILES string of the molecule is CC(C)N1CCC(CN2CCN(C3CCN(C(C)C)CC3)CC2)CC1. The normalized spacial score (nSPS) is 27.6. The van der Waals surface area contributed by atoms with Crippen LogP contribution in [-0.4, -0.2) is 96.6 Å². The van der Waals surface area contributed by atoms with Crippen molar-refractivity contribution in [2.45, 2.75) is 71.5 Å². The van der Waals surface area contributed by atoms with E-state index in [0.29, 0.717) is 0 Å². The number of nitrogens with zero attached hydrogens (tertiary/aromatic N) is 4. The van der Waals surface area contributed by atoms with Gasteiger partial charge >= 0.3 is 0 Å². The van der Waals surface area contributed by atoms with Crippen molar-refractivity contribution in [3.63, 3.8) is 0 Å². The van der Waals surface area contributed by atoms with Crippen LogP contribution in [-0.2, 0) is 0 Å². The van der Waals surface area contributed by atoms with Crippen LogP contribution in [0.25, 0.3) is 0 Å². The van der Waals surface area contributed by atoms with E-state index in [4.69, 9.17) is 0 Å². The van der Waals surface area contributed by atoms with Crippen molar-refractivity contribution in [2.24, 2.45) is 5.92 Å². The van der Waals surface area contributed by atoms with Crippen LogP contribution in [0.2, 0.25) is 0 Å². The molecule has 0 saturated carbocycles. The summed E-state index contributed by atoms with van der Waals surface area (Å²) < 4.78 is 0. The molecule has 3 heterocycles. The fraction of sp³-hybridized carbons (Fsp3) is 1.00. The van der Waals surface area contributed by atoms with Gasteiger partial charge < -0.3 is 14.7 Å². The minimum absolute atomic E-state index is 0.722. The third-order valence-electron chi connectivity index (χ3n) is 7.05. The average Bonchev–Trinajstić information content (AvgIpc) is 2.63. The van der Waals surface area contributed by atoms with Gasteiger partial charge in [-0.05, 0) is 85.5 Å². The molecular weight excluding hydrogens is 308 g/mol. The Morgan fingerprint density at radius 2 is 1.12 bits per heavy atom. The standard InChI is InChI=1S/C21H42N4/c1-18(2)23-9-5-20(6-10-23)17-22-13-15-25(16-14-22)21-7-11-24(12-8-21)19(3)4/h18-21H,5-17H2,1-4H3. The lowest BCUT2D eigenvalue weighted by Gasteiger charge is -2.44. The summed E-state index contributed by atoms with van der Waals surface area (Å²) in [6.45, 7) is 21.1. The molecule has 0 radical (unpaired) electrons. The molecule has 0 aliphatic carbocycles. The lowest BCUT2D eigenvalue weighted by molar-refractivity contribution is 0.0407. The Balaban J connectivity index is 1.34. The van der Waals surface area contributed by atoms with Gasteiger partial charge in [-0.1, -0.05) is 0 Å². The lowest BCUT2D eigenvalue weighted by atomic mass is 9.95. The topological polar surface area (TPSA) is 13.0 Å². The second-order valence-corrected chi connectivity index (χ2v) is 9.27. The number of rotatable bonds is 5. The predicted octanol–water partition coefficient (Wildman–Crippen LogP) is 2.60. The van der Waals surface area contributed by atoms with Crippen molar-refractivity contribution < 1.29 is 0 Å². The van der Waals surface area contributed by atoms with Crippen LogP contribution in [0.3, 0.4) is 0 Å². The van der Waals surface area contributed by atoms with Crippen molar-refractivity contribution in [2.75, 3.05) is 58.9 Å². The number of hydrogen-bond acceptors (Lipinski definition) is 4. The number of hydrogen-bond donors (Lipinski definition) is 0. The van der Waals surface area contributed by atoms with E-state index in [9.17, 15) is 0 Å². The number of piperidine rings is 2. The number of likely N-dealkylation sites (tertiary alicyclic amines) is 2. The Bertz CT molecular complexity index is 373. The summed E-state index contributed by atoms with van der Waals surface area (Å²) in [6.07, 6.45) is 5.58. The van der Waals surface area contributed by atoms with Crippen LogP contribution in [0.15, 0.2) is 0 Å². The number of piperazine rings is 1. The van der Waals surface area contributed by atoms with Gasteiger partial charge in [-0.3, -0.25) is 4.90 Å². The lowest BCUT2D eigenvalue weighted by Crippen LogP contribution is -2.54. The smallest absolute Gasteiger partial charge is 0.0121 e. The van der Waals surface area contributed by atoms with Crippen LogP contribution in [0.5, 0.6) is 0 Å². The first-order chi connectivity index (χ1) is 12.0. The first-order valence-electron chi connectivity index (χ1n) is 11.0. The molecule has 0 unspecified atom stereocenters. The zero-order valence-electron chi connectivity index (χ0n) is 17.3. The molecule has 3 rings (SSSR count). The summed E-state index contributed by atoms with van der Waals surface area (Å²) in [5.74, 6) is 0.941. The highest BCUT2D eigenvalue weighted by atomic mass is 15.3. The van der Waals surface area contributed by atoms with Gasteiger partial charge in [-0.15, -0.1) is 0 Å². The van der Waals surface area contributed by atoms with Gasteiger partial charge in [-0.25, -0.2) is 0 Å². The molecular formula is C21H42N4. The highest BCUT2D eigenvalue weighted by Crippen LogP contribution is 2.23. The summed E-state index contributed by atoms with van der Waals surface area (Å²) in [7, 11) is 0. The average molecular weight is 351 g/mol. The van der Waals surface area contributed by atoms with E-state index in [1.54, 1.807) is 0 Å². The van der Waals surface area contributed by atoms with Crippen molar-refractivity contribution in [1.82, 2.24) is 19.6 Å². The quantitative estimate of drug-likeness (QED) is 0.755. The maximum absolute atomic E-state index is 2.80. The van der Waals surface area contributed by atoms with E-state index < -0.39 is 0 Å². The fourth-order valence-corrected chi connectivity index (χ4v) is 5.10. The minimum atomic E-state index is 0.722. The molecule has 0 atom stereocenters. The van der Waals surface area contributed by atoms with Gasteiger partial charge in [0.25, 0.3) is 0 Å². The van der Waals surface area contributed by atoms with Crippen LogP contribution >= 0.6 is 0 Å². The third-order valence-corrected chi connectivity index (χ3v) is 7.05. The van der Waals surface area contributed by atoms with Crippen molar-refractivity contribution in [1.29, 1.82) is 0 Å². The second kappa shape index (κ2) is 9.16. The Morgan fingerprint density at radius 1 is 0.640 bits per heavy atom. The molecule has 0 aromatic heterocycles. The second-order valence-electron chi connectivity index (χ2n) is 9.27. The van der Waals surface area contributed by atoms with Crippen molar-refractivity contribution >= 4 is 0 Å². The maximum Gasteiger partial charge on any atom is 0.0121 e. The van der Waals surface area contributed by atoms with Gasteiger partial charge in [0.05, 0.1) is 0 Å².